The second-order valence-electron chi connectivity index (χ2n) is 3.56. The van der Waals surface area contributed by atoms with Gasteiger partial charge >= 0.3 is 0 Å². The first kappa shape index (κ1) is 13.5. The molecule has 0 bridgehead atoms. The number of hydroxylamine groups is 2. The molecular formula is C8H21NO2. The van der Waals surface area contributed by atoms with E-state index in [2.05, 4.69) is 27.7 Å². The molecule has 3 nitrogen and oxygen atoms in total. The lowest BCUT2D eigenvalue weighted by molar-refractivity contribution is -0.213. The molecule has 0 saturated carbocycles. The molecule has 0 aliphatic carbocycles. The van der Waals surface area contributed by atoms with E-state index in [1.165, 1.54) is 0 Å². The molecule has 0 aromatic carbocycles. The quantitative estimate of drug-likeness (QED) is 0.587. The van der Waals surface area contributed by atoms with Crippen molar-refractivity contribution < 1.29 is 10.3 Å². The monoisotopic (exact) mass is 163 g/mol. The molecule has 70 valence electrons. The van der Waals surface area contributed by atoms with Crippen molar-refractivity contribution in [3.8, 4) is 0 Å². The van der Waals surface area contributed by atoms with Crippen molar-refractivity contribution in [3.63, 3.8) is 0 Å². The van der Waals surface area contributed by atoms with Gasteiger partial charge in [-0.3, -0.25) is 4.84 Å². The van der Waals surface area contributed by atoms with Crippen LogP contribution in [0.2, 0.25) is 0 Å². The van der Waals surface area contributed by atoms with Gasteiger partial charge in [-0.1, -0.05) is 6.92 Å². The van der Waals surface area contributed by atoms with Crippen LogP contribution in [-0.4, -0.2) is 29.7 Å². The molecule has 0 heterocycles. The van der Waals surface area contributed by atoms with E-state index in [-0.39, 0.29) is 11.1 Å². The normalized spacial score (nSPS) is 11.5. The highest BCUT2D eigenvalue weighted by Crippen LogP contribution is 2.08. The van der Waals surface area contributed by atoms with E-state index in [9.17, 15) is 0 Å². The first-order valence-corrected chi connectivity index (χ1v) is 3.86. The average Bonchev–Trinajstić information content (AvgIpc) is 1.59. The smallest absolute Gasteiger partial charge is 0.0815 e. The molecule has 0 radical (unpaired) electrons. The van der Waals surface area contributed by atoms with Gasteiger partial charge < -0.3 is 5.48 Å². The van der Waals surface area contributed by atoms with Crippen molar-refractivity contribution in [2.24, 2.45) is 0 Å². The number of hydrogen-bond donors (Lipinski definition) is 0. The number of rotatable bonds is 3. The standard InChI is InChI=1S/C8H19NO.H2O/c1-6-7-9(5)10-8(2,3)4;/h6-7H2,1-5H3;1H2. The minimum atomic E-state index is -0.0517. The van der Waals surface area contributed by atoms with Crippen LogP contribution in [0.3, 0.4) is 0 Å². The van der Waals surface area contributed by atoms with E-state index in [0.717, 1.165) is 13.0 Å². The lowest BCUT2D eigenvalue weighted by atomic mass is 10.2. The van der Waals surface area contributed by atoms with Crippen molar-refractivity contribution in [3.05, 3.63) is 0 Å². The summed E-state index contributed by atoms with van der Waals surface area (Å²) in [6, 6.07) is 0. The lowest BCUT2D eigenvalue weighted by Gasteiger charge is -2.26. The SMILES string of the molecule is CCCN(C)OC(C)(C)C.O. The number of hydrogen-bond acceptors (Lipinski definition) is 2. The van der Waals surface area contributed by atoms with Crippen LogP contribution in [0.15, 0.2) is 0 Å². The summed E-state index contributed by atoms with van der Waals surface area (Å²) in [4.78, 5) is 5.51. The molecule has 0 spiro atoms. The Balaban J connectivity index is 0. The van der Waals surface area contributed by atoms with E-state index in [0.29, 0.717) is 0 Å². The van der Waals surface area contributed by atoms with Gasteiger partial charge in [0.05, 0.1) is 5.60 Å². The molecule has 0 amide bonds. The molecule has 0 fully saturated rings. The van der Waals surface area contributed by atoms with Gasteiger partial charge in [0.1, 0.15) is 0 Å². The van der Waals surface area contributed by atoms with E-state index in [4.69, 9.17) is 4.84 Å². The Bertz CT molecular complexity index is 88.6. The molecule has 11 heavy (non-hydrogen) atoms. The van der Waals surface area contributed by atoms with Crippen LogP contribution in [0.25, 0.3) is 0 Å². The maximum atomic E-state index is 5.51. The van der Waals surface area contributed by atoms with Crippen molar-refractivity contribution in [2.45, 2.75) is 39.7 Å². The van der Waals surface area contributed by atoms with E-state index < -0.39 is 0 Å². The molecule has 0 aliphatic rings. The average molecular weight is 163 g/mol. The van der Waals surface area contributed by atoms with Crippen LogP contribution in [0.5, 0.6) is 0 Å². The summed E-state index contributed by atoms with van der Waals surface area (Å²) in [5, 5.41) is 1.89. The molecule has 0 aromatic rings. The van der Waals surface area contributed by atoms with Crippen LogP contribution in [0.1, 0.15) is 34.1 Å². The van der Waals surface area contributed by atoms with Crippen molar-refractivity contribution in [2.75, 3.05) is 13.6 Å². The first-order chi connectivity index (χ1) is 4.45. The zero-order valence-corrected chi connectivity index (χ0v) is 8.27. The fraction of sp³-hybridized carbons (Fsp3) is 1.00. The summed E-state index contributed by atoms with van der Waals surface area (Å²) in [6.45, 7) is 9.30. The van der Waals surface area contributed by atoms with Crippen LogP contribution in [0, 0.1) is 0 Å². The van der Waals surface area contributed by atoms with Gasteiger partial charge in [-0.05, 0) is 27.2 Å². The highest BCUT2D eigenvalue weighted by Gasteiger charge is 2.12. The van der Waals surface area contributed by atoms with Crippen molar-refractivity contribution in [1.29, 1.82) is 0 Å². The summed E-state index contributed by atoms with van der Waals surface area (Å²) in [7, 11) is 1.97. The zero-order valence-electron chi connectivity index (χ0n) is 8.27. The minimum Gasteiger partial charge on any atom is -0.412 e. The van der Waals surface area contributed by atoms with Gasteiger partial charge in [0.15, 0.2) is 0 Å². The highest BCUT2D eigenvalue weighted by molar-refractivity contribution is 4.56. The Morgan fingerprint density at radius 3 is 2.00 bits per heavy atom. The fourth-order valence-corrected chi connectivity index (χ4v) is 0.828. The van der Waals surface area contributed by atoms with Crippen molar-refractivity contribution in [1.82, 2.24) is 5.06 Å². The molecule has 0 unspecified atom stereocenters. The fourth-order valence-electron chi connectivity index (χ4n) is 0.828. The molecule has 0 rings (SSSR count). The van der Waals surface area contributed by atoms with Gasteiger partial charge in [-0.2, -0.15) is 5.06 Å². The molecule has 2 N–H and O–H groups in total. The van der Waals surface area contributed by atoms with Gasteiger partial charge in [0.2, 0.25) is 0 Å². The van der Waals surface area contributed by atoms with E-state index in [1.807, 2.05) is 12.1 Å². The van der Waals surface area contributed by atoms with Crippen LogP contribution in [-0.2, 0) is 4.84 Å². The third-order valence-corrected chi connectivity index (χ3v) is 0.968. The third kappa shape index (κ3) is 9.88. The van der Waals surface area contributed by atoms with Gasteiger partial charge in [0.25, 0.3) is 0 Å². The van der Waals surface area contributed by atoms with Gasteiger partial charge in [-0.15, -0.1) is 0 Å². The second-order valence-corrected chi connectivity index (χ2v) is 3.56. The van der Waals surface area contributed by atoms with E-state index >= 15 is 0 Å². The maximum absolute atomic E-state index is 5.51. The Labute approximate surface area is 69.6 Å². The van der Waals surface area contributed by atoms with Gasteiger partial charge in [-0.25, -0.2) is 0 Å². The lowest BCUT2D eigenvalue weighted by Crippen LogP contribution is -2.31. The summed E-state index contributed by atoms with van der Waals surface area (Å²) in [5.74, 6) is 0. The van der Waals surface area contributed by atoms with Crippen LogP contribution in [0.4, 0.5) is 0 Å². The Morgan fingerprint density at radius 1 is 1.27 bits per heavy atom. The third-order valence-electron chi connectivity index (χ3n) is 0.968. The zero-order chi connectivity index (χ0) is 8.20. The summed E-state index contributed by atoms with van der Waals surface area (Å²) < 4.78 is 0. The van der Waals surface area contributed by atoms with Crippen LogP contribution >= 0.6 is 0 Å². The predicted molar refractivity (Wildman–Crippen MR) is 47.4 cm³/mol. The molecule has 0 aliphatic heterocycles. The molecule has 3 heteroatoms. The Hall–Kier alpha value is -0.120. The Morgan fingerprint density at radius 2 is 1.73 bits per heavy atom. The van der Waals surface area contributed by atoms with Crippen LogP contribution < -0.4 is 0 Å². The largest absolute Gasteiger partial charge is 0.412 e. The molecule has 0 saturated heterocycles. The Kier molecular flexibility index (Phi) is 6.76. The molecule has 0 atom stereocenters. The second kappa shape index (κ2) is 5.52. The van der Waals surface area contributed by atoms with Crippen molar-refractivity contribution >= 4 is 0 Å². The minimum absolute atomic E-state index is 0. The predicted octanol–water partition coefficient (Wildman–Crippen LogP) is 1.23. The highest BCUT2D eigenvalue weighted by atomic mass is 16.7. The molecular weight excluding hydrogens is 142 g/mol. The topological polar surface area (TPSA) is 44.0 Å². The summed E-state index contributed by atoms with van der Waals surface area (Å²) >= 11 is 0. The summed E-state index contributed by atoms with van der Waals surface area (Å²) in [6.07, 6.45) is 1.13. The van der Waals surface area contributed by atoms with E-state index in [1.54, 1.807) is 0 Å². The molecule has 0 aromatic heterocycles. The summed E-state index contributed by atoms with van der Waals surface area (Å²) in [5.41, 5.74) is -0.0517. The first-order valence-electron chi connectivity index (χ1n) is 3.86. The maximum Gasteiger partial charge on any atom is 0.0815 e. The number of nitrogens with zero attached hydrogens (tertiary/aromatic N) is 1. The van der Waals surface area contributed by atoms with Gasteiger partial charge in [0, 0.05) is 13.6 Å².